The largest absolute Gasteiger partial charge is 0.368 e. The number of benzene rings is 1. The van der Waals surface area contributed by atoms with Gasteiger partial charge < -0.3 is 10.6 Å². The molecule has 0 aliphatic rings. The number of nitrogen functional groups attached to an aromatic ring is 1. The molecule has 2 rings (SSSR count). The minimum absolute atomic E-state index is 0.194. The number of aromatic nitrogens is 2. The van der Waals surface area contributed by atoms with Crippen LogP contribution in [-0.2, 0) is 0 Å². The smallest absolute Gasteiger partial charge is 0.222 e. The van der Waals surface area contributed by atoms with Gasteiger partial charge in [0.15, 0.2) is 0 Å². The summed E-state index contributed by atoms with van der Waals surface area (Å²) in [6.07, 6.45) is 0. The fourth-order valence-corrected chi connectivity index (χ4v) is 1.84. The number of nitrogens with two attached hydrogens (primary N) is 1. The summed E-state index contributed by atoms with van der Waals surface area (Å²) >= 11 is 0. The highest BCUT2D eigenvalue weighted by atomic mass is 19.1. The zero-order valence-electron chi connectivity index (χ0n) is 10.4. The molecule has 0 saturated carbocycles. The molecule has 4 nitrogen and oxygen atoms in total. The molecule has 0 fully saturated rings. The van der Waals surface area contributed by atoms with Gasteiger partial charge in [0.05, 0.1) is 5.69 Å². The molecule has 0 bridgehead atoms. The van der Waals surface area contributed by atoms with E-state index in [1.807, 2.05) is 13.8 Å². The standard InChI is InChI=1S/C13H15FN4/c1-3-18(11-7-5-4-6-10(11)14)12-8-9(2)16-13(15)17-12/h4-8H,3H2,1-2H3,(H2,15,16,17). The van der Waals surface area contributed by atoms with E-state index in [4.69, 9.17) is 5.73 Å². The van der Waals surface area contributed by atoms with Crippen molar-refractivity contribution >= 4 is 17.5 Å². The Balaban J connectivity index is 2.48. The van der Waals surface area contributed by atoms with Crippen molar-refractivity contribution in [2.45, 2.75) is 13.8 Å². The van der Waals surface area contributed by atoms with Crippen molar-refractivity contribution in [1.82, 2.24) is 9.97 Å². The van der Waals surface area contributed by atoms with E-state index in [2.05, 4.69) is 9.97 Å². The molecule has 0 spiro atoms. The molecular formula is C13H15FN4. The molecule has 0 aliphatic heterocycles. The summed E-state index contributed by atoms with van der Waals surface area (Å²) in [5, 5.41) is 0. The third kappa shape index (κ3) is 2.40. The zero-order valence-corrected chi connectivity index (χ0v) is 10.4. The normalized spacial score (nSPS) is 10.4. The highest BCUT2D eigenvalue weighted by Gasteiger charge is 2.13. The Bertz CT molecular complexity index is 536. The highest BCUT2D eigenvalue weighted by Crippen LogP contribution is 2.26. The number of anilines is 3. The number of rotatable bonds is 3. The van der Waals surface area contributed by atoms with Crippen molar-refractivity contribution < 1.29 is 4.39 Å². The second kappa shape index (κ2) is 5.00. The molecule has 0 atom stereocenters. The summed E-state index contributed by atoms with van der Waals surface area (Å²) in [5.41, 5.74) is 6.87. The first-order valence-electron chi connectivity index (χ1n) is 5.75. The molecule has 0 aliphatic carbocycles. The van der Waals surface area contributed by atoms with Gasteiger partial charge in [-0.25, -0.2) is 9.37 Å². The van der Waals surface area contributed by atoms with Crippen LogP contribution in [0.3, 0.4) is 0 Å². The van der Waals surface area contributed by atoms with Gasteiger partial charge in [0.25, 0.3) is 0 Å². The maximum Gasteiger partial charge on any atom is 0.222 e. The van der Waals surface area contributed by atoms with Crippen molar-refractivity contribution in [2.24, 2.45) is 0 Å². The van der Waals surface area contributed by atoms with Crippen LogP contribution in [0.2, 0.25) is 0 Å². The predicted octanol–water partition coefficient (Wildman–Crippen LogP) is 2.66. The Kier molecular flexibility index (Phi) is 3.41. The van der Waals surface area contributed by atoms with Crippen LogP contribution in [0.1, 0.15) is 12.6 Å². The van der Waals surface area contributed by atoms with Crippen LogP contribution in [0.25, 0.3) is 0 Å². The van der Waals surface area contributed by atoms with E-state index in [1.165, 1.54) is 6.07 Å². The lowest BCUT2D eigenvalue weighted by Crippen LogP contribution is -2.19. The lowest BCUT2D eigenvalue weighted by Gasteiger charge is -2.22. The molecule has 5 heteroatoms. The molecule has 1 aromatic carbocycles. The fourth-order valence-electron chi connectivity index (χ4n) is 1.84. The Morgan fingerprint density at radius 2 is 2.00 bits per heavy atom. The molecule has 0 amide bonds. The van der Waals surface area contributed by atoms with Gasteiger partial charge in [-0.1, -0.05) is 12.1 Å². The van der Waals surface area contributed by atoms with Crippen LogP contribution in [-0.4, -0.2) is 16.5 Å². The number of halogens is 1. The quantitative estimate of drug-likeness (QED) is 0.904. The van der Waals surface area contributed by atoms with Gasteiger partial charge in [0.2, 0.25) is 5.95 Å². The predicted molar refractivity (Wildman–Crippen MR) is 70.3 cm³/mol. The van der Waals surface area contributed by atoms with Gasteiger partial charge in [-0.3, -0.25) is 0 Å². The van der Waals surface area contributed by atoms with Crippen molar-refractivity contribution in [3.8, 4) is 0 Å². The number of aryl methyl sites for hydroxylation is 1. The van der Waals surface area contributed by atoms with Crippen molar-refractivity contribution in [1.29, 1.82) is 0 Å². The van der Waals surface area contributed by atoms with E-state index in [0.717, 1.165) is 5.69 Å². The molecule has 1 aromatic heterocycles. The fraction of sp³-hybridized carbons (Fsp3) is 0.231. The molecule has 0 radical (unpaired) electrons. The summed E-state index contributed by atoms with van der Waals surface area (Å²) in [4.78, 5) is 9.93. The summed E-state index contributed by atoms with van der Waals surface area (Å²) in [5.74, 6) is 0.515. The summed E-state index contributed by atoms with van der Waals surface area (Å²) in [6, 6.07) is 8.37. The second-order valence-electron chi connectivity index (χ2n) is 3.92. The van der Waals surface area contributed by atoms with Crippen molar-refractivity contribution in [3.63, 3.8) is 0 Å². The van der Waals surface area contributed by atoms with E-state index >= 15 is 0 Å². The Hall–Kier alpha value is -2.17. The van der Waals surface area contributed by atoms with Crippen molar-refractivity contribution in [3.05, 3.63) is 41.8 Å². The van der Waals surface area contributed by atoms with Gasteiger partial charge in [-0.05, 0) is 26.0 Å². The van der Waals surface area contributed by atoms with E-state index < -0.39 is 0 Å². The van der Waals surface area contributed by atoms with E-state index in [9.17, 15) is 4.39 Å². The average Bonchev–Trinajstić information content (AvgIpc) is 2.31. The summed E-state index contributed by atoms with van der Waals surface area (Å²) in [7, 11) is 0. The van der Waals surface area contributed by atoms with Gasteiger partial charge >= 0.3 is 0 Å². The Labute approximate surface area is 105 Å². The summed E-state index contributed by atoms with van der Waals surface area (Å²) in [6.45, 7) is 4.35. The molecule has 0 unspecified atom stereocenters. The van der Waals surface area contributed by atoms with Crippen LogP contribution in [0.4, 0.5) is 21.8 Å². The molecule has 1 heterocycles. The van der Waals surface area contributed by atoms with Gasteiger partial charge in [-0.2, -0.15) is 4.98 Å². The minimum Gasteiger partial charge on any atom is -0.368 e. The monoisotopic (exact) mass is 246 g/mol. The maximum absolute atomic E-state index is 13.8. The molecular weight excluding hydrogens is 231 g/mol. The molecule has 0 saturated heterocycles. The first-order chi connectivity index (χ1) is 8.61. The average molecular weight is 246 g/mol. The number of nitrogens with zero attached hydrogens (tertiary/aromatic N) is 3. The Morgan fingerprint density at radius 1 is 1.28 bits per heavy atom. The van der Waals surface area contributed by atoms with Crippen LogP contribution >= 0.6 is 0 Å². The number of hydrogen-bond donors (Lipinski definition) is 1. The lowest BCUT2D eigenvalue weighted by molar-refractivity contribution is 0.625. The van der Waals surface area contributed by atoms with Crippen molar-refractivity contribution in [2.75, 3.05) is 17.2 Å². The van der Waals surface area contributed by atoms with E-state index in [-0.39, 0.29) is 11.8 Å². The zero-order chi connectivity index (χ0) is 13.1. The number of para-hydroxylation sites is 1. The lowest BCUT2D eigenvalue weighted by atomic mass is 10.2. The number of hydrogen-bond acceptors (Lipinski definition) is 4. The molecule has 2 N–H and O–H groups in total. The van der Waals surface area contributed by atoms with E-state index in [1.54, 1.807) is 29.2 Å². The topological polar surface area (TPSA) is 55.0 Å². The van der Waals surface area contributed by atoms with Crippen LogP contribution in [0, 0.1) is 12.7 Å². The second-order valence-corrected chi connectivity index (χ2v) is 3.92. The SMILES string of the molecule is CCN(c1cc(C)nc(N)n1)c1ccccc1F. The third-order valence-corrected chi connectivity index (χ3v) is 2.59. The molecule has 18 heavy (non-hydrogen) atoms. The van der Waals surface area contributed by atoms with Crippen LogP contribution in [0.15, 0.2) is 30.3 Å². The minimum atomic E-state index is -0.283. The molecule has 2 aromatic rings. The highest BCUT2D eigenvalue weighted by molar-refractivity contribution is 5.61. The first-order valence-corrected chi connectivity index (χ1v) is 5.75. The maximum atomic E-state index is 13.8. The van der Waals surface area contributed by atoms with Gasteiger partial charge in [-0.15, -0.1) is 0 Å². The van der Waals surface area contributed by atoms with Gasteiger partial charge in [0, 0.05) is 18.3 Å². The van der Waals surface area contributed by atoms with Crippen LogP contribution < -0.4 is 10.6 Å². The summed E-state index contributed by atoms with van der Waals surface area (Å²) < 4.78 is 13.8. The van der Waals surface area contributed by atoms with Gasteiger partial charge in [0.1, 0.15) is 11.6 Å². The third-order valence-electron chi connectivity index (χ3n) is 2.59. The molecule has 94 valence electrons. The first kappa shape index (κ1) is 12.3. The Morgan fingerprint density at radius 3 is 2.61 bits per heavy atom. The van der Waals surface area contributed by atoms with E-state index in [0.29, 0.717) is 18.1 Å². The van der Waals surface area contributed by atoms with Crippen LogP contribution in [0.5, 0.6) is 0 Å².